The van der Waals surface area contributed by atoms with Crippen molar-refractivity contribution in [1.29, 1.82) is 0 Å². The van der Waals surface area contributed by atoms with E-state index in [0.717, 1.165) is 41.0 Å². The minimum absolute atomic E-state index is 0.0317. The largest absolute Gasteiger partial charge is 0.486 e. The summed E-state index contributed by atoms with van der Waals surface area (Å²) in [7, 11) is 3.05. The van der Waals surface area contributed by atoms with Gasteiger partial charge in [0, 0.05) is 33.6 Å². The molecule has 10 heteroatoms. The van der Waals surface area contributed by atoms with Gasteiger partial charge in [0.2, 0.25) is 5.91 Å². The highest BCUT2D eigenvalue weighted by atomic mass is 16.6. The highest BCUT2D eigenvalue weighted by molar-refractivity contribution is 5.77. The number of rotatable bonds is 5. The van der Waals surface area contributed by atoms with E-state index in [-0.39, 0.29) is 17.5 Å². The number of carbonyl (C=O) groups is 1. The predicted octanol–water partition coefficient (Wildman–Crippen LogP) is 1.35. The molecule has 0 saturated carbocycles. The number of carbonyl (C=O) groups excluding carboxylic acids is 1. The van der Waals surface area contributed by atoms with Crippen LogP contribution in [0.1, 0.15) is 37.3 Å². The minimum atomic E-state index is -0.410. The molecule has 5 rings (SSSR count). The summed E-state index contributed by atoms with van der Waals surface area (Å²) < 4.78 is 15.5. The van der Waals surface area contributed by atoms with Crippen LogP contribution in [0, 0.1) is 0 Å². The van der Waals surface area contributed by atoms with Crippen LogP contribution >= 0.6 is 0 Å². The van der Waals surface area contributed by atoms with Gasteiger partial charge in [-0.15, -0.1) is 0 Å². The summed E-state index contributed by atoms with van der Waals surface area (Å²) in [5.41, 5.74) is 1.01. The highest BCUT2D eigenvalue weighted by Crippen LogP contribution is 2.38. The van der Waals surface area contributed by atoms with Gasteiger partial charge in [-0.05, 0) is 37.0 Å². The maximum absolute atomic E-state index is 13.1. The molecule has 1 saturated heterocycles. The molecule has 2 aromatic heterocycles. The Bertz CT molecular complexity index is 1340. The van der Waals surface area contributed by atoms with Crippen molar-refractivity contribution >= 4 is 17.1 Å². The molecule has 10 nitrogen and oxygen atoms in total. The molecule has 0 unspecified atom stereocenters. The second kappa shape index (κ2) is 8.42. The number of nitrogens with zero attached hydrogens (tertiary/aromatic N) is 5. The van der Waals surface area contributed by atoms with Gasteiger partial charge in [-0.25, -0.2) is 9.78 Å². The van der Waals surface area contributed by atoms with Crippen LogP contribution in [-0.2, 0) is 25.4 Å². The van der Waals surface area contributed by atoms with Gasteiger partial charge < -0.3 is 18.9 Å². The second-order valence-electron chi connectivity index (χ2n) is 8.57. The van der Waals surface area contributed by atoms with Crippen LogP contribution in [0.3, 0.4) is 0 Å². The Morgan fingerprint density at radius 1 is 1.12 bits per heavy atom. The second-order valence-corrected chi connectivity index (χ2v) is 8.57. The molecular formula is C23H27N5O5. The van der Waals surface area contributed by atoms with E-state index in [0.29, 0.717) is 43.8 Å². The number of hydrogen-bond donors (Lipinski definition) is 0. The van der Waals surface area contributed by atoms with Gasteiger partial charge >= 0.3 is 5.69 Å². The zero-order valence-corrected chi connectivity index (χ0v) is 18.8. The third-order valence-corrected chi connectivity index (χ3v) is 6.53. The van der Waals surface area contributed by atoms with E-state index in [1.54, 1.807) is 17.9 Å². The molecule has 33 heavy (non-hydrogen) atoms. The number of aryl methyl sites for hydroxylation is 2. The Labute approximate surface area is 190 Å². The monoisotopic (exact) mass is 453 g/mol. The predicted molar refractivity (Wildman–Crippen MR) is 121 cm³/mol. The van der Waals surface area contributed by atoms with Crippen molar-refractivity contribution < 1.29 is 14.3 Å². The molecule has 0 N–H and O–H groups in total. The summed E-state index contributed by atoms with van der Waals surface area (Å²) in [5, 5.41) is 0. The molecule has 2 aliphatic rings. The van der Waals surface area contributed by atoms with E-state index in [1.807, 2.05) is 23.1 Å². The van der Waals surface area contributed by atoms with Gasteiger partial charge in [-0.3, -0.25) is 18.7 Å². The first kappa shape index (κ1) is 21.3. The van der Waals surface area contributed by atoms with Gasteiger partial charge in [-0.1, -0.05) is 6.07 Å². The number of likely N-dealkylation sites (tertiary alicyclic amines) is 1. The standard InChI is InChI=1S/C23H27N5O5/c1-25-21-20(22(30)26(2)23(25)31)27(14-24-21)9-4-6-19(29)28-10-3-5-16(28)15-7-8-17-18(13-15)33-12-11-32-17/h7-8,13-14,16H,3-6,9-12H2,1-2H3/t16-/m0/s1. The third kappa shape index (κ3) is 3.69. The van der Waals surface area contributed by atoms with Crippen molar-refractivity contribution in [3.63, 3.8) is 0 Å². The van der Waals surface area contributed by atoms with Gasteiger partial charge in [0.1, 0.15) is 13.2 Å². The summed E-state index contributed by atoms with van der Waals surface area (Å²) in [6.45, 7) is 2.28. The molecule has 0 bridgehead atoms. The minimum Gasteiger partial charge on any atom is -0.486 e. The molecule has 1 fully saturated rings. The molecule has 0 spiro atoms. The molecule has 1 amide bonds. The number of benzene rings is 1. The highest BCUT2D eigenvalue weighted by Gasteiger charge is 2.30. The fourth-order valence-electron chi connectivity index (χ4n) is 4.79. The first-order valence-corrected chi connectivity index (χ1v) is 11.3. The van der Waals surface area contributed by atoms with Crippen molar-refractivity contribution in [2.75, 3.05) is 19.8 Å². The Hall–Kier alpha value is -3.56. The number of aromatic nitrogens is 4. The van der Waals surface area contributed by atoms with Crippen molar-refractivity contribution in [2.24, 2.45) is 14.1 Å². The summed E-state index contributed by atoms with van der Waals surface area (Å²) in [4.78, 5) is 43.9. The van der Waals surface area contributed by atoms with Gasteiger partial charge in [-0.2, -0.15) is 0 Å². The average Bonchev–Trinajstić information content (AvgIpc) is 3.49. The van der Waals surface area contributed by atoms with Crippen molar-refractivity contribution in [3.8, 4) is 11.5 Å². The van der Waals surface area contributed by atoms with Crippen LogP contribution in [0.4, 0.5) is 0 Å². The van der Waals surface area contributed by atoms with E-state index in [9.17, 15) is 14.4 Å². The lowest BCUT2D eigenvalue weighted by Gasteiger charge is -2.27. The molecule has 174 valence electrons. The molecule has 0 aliphatic carbocycles. The van der Waals surface area contributed by atoms with E-state index >= 15 is 0 Å². The van der Waals surface area contributed by atoms with Crippen molar-refractivity contribution in [3.05, 3.63) is 50.9 Å². The van der Waals surface area contributed by atoms with Crippen LogP contribution in [0.2, 0.25) is 0 Å². The van der Waals surface area contributed by atoms with E-state index in [1.165, 1.54) is 11.6 Å². The van der Waals surface area contributed by atoms with Crippen LogP contribution < -0.4 is 20.7 Å². The summed E-state index contributed by atoms with van der Waals surface area (Å²) in [6.07, 6.45) is 4.37. The van der Waals surface area contributed by atoms with Crippen LogP contribution in [0.5, 0.6) is 11.5 Å². The number of hydrogen-bond acceptors (Lipinski definition) is 6. The first-order chi connectivity index (χ1) is 16.0. The Balaban J connectivity index is 1.28. The Morgan fingerprint density at radius 3 is 2.73 bits per heavy atom. The van der Waals surface area contributed by atoms with Gasteiger partial charge in [0.25, 0.3) is 5.56 Å². The first-order valence-electron chi connectivity index (χ1n) is 11.3. The zero-order valence-electron chi connectivity index (χ0n) is 18.8. The zero-order chi connectivity index (χ0) is 23.1. The molecule has 3 aromatic rings. The van der Waals surface area contributed by atoms with Crippen LogP contribution in [0.25, 0.3) is 11.2 Å². The summed E-state index contributed by atoms with van der Waals surface area (Å²) in [5.74, 6) is 1.58. The average molecular weight is 453 g/mol. The Morgan fingerprint density at radius 2 is 1.91 bits per heavy atom. The molecule has 4 heterocycles. The maximum atomic E-state index is 13.1. The third-order valence-electron chi connectivity index (χ3n) is 6.53. The normalized spacial score (nSPS) is 17.6. The number of amides is 1. The lowest BCUT2D eigenvalue weighted by Crippen LogP contribution is -2.37. The quantitative estimate of drug-likeness (QED) is 0.578. The number of imidazole rings is 1. The smallest absolute Gasteiger partial charge is 0.332 e. The fraction of sp³-hybridized carbons (Fsp3) is 0.478. The van der Waals surface area contributed by atoms with Gasteiger partial charge in [0.15, 0.2) is 22.7 Å². The van der Waals surface area contributed by atoms with E-state index < -0.39 is 5.69 Å². The van der Waals surface area contributed by atoms with Crippen LogP contribution in [0.15, 0.2) is 34.1 Å². The van der Waals surface area contributed by atoms with E-state index in [2.05, 4.69) is 4.98 Å². The van der Waals surface area contributed by atoms with Crippen LogP contribution in [-0.4, -0.2) is 49.3 Å². The molecule has 1 atom stereocenters. The maximum Gasteiger partial charge on any atom is 0.332 e. The lowest BCUT2D eigenvalue weighted by atomic mass is 10.0. The summed E-state index contributed by atoms with van der Waals surface area (Å²) >= 11 is 0. The van der Waals surface area contributed by atoms with E-state index in [4.69, 9.17) is 9.47 Å². The molecule has 2 aliphatic heterocycles. The molecular weight excluding hydrogens is 426 g/mol. The van der Waals surface area contributed by atoms with Crippen molar-refractivity contribution in [1.82, 2.24) is 23.6 Å². The number of fused-ring (bicyclic) bond motifs is 2. The van der Waals surface area contributed by atoms with Gasteiger partial charge in [0.05, 0.1) is 12.4 Å². The number of ether oxygens (including phenoxy) is 2. The fourth-order valence-corrected chi connectivity index (χ4v) is 4.79. The van der Waals surface area contributed by atoms with Crippen molar-refractivity contribution in [2.45, 2.75) is 38.3 Å². The summed E-state index contributed by atoms with van der Waals surface area (Å²) in [6, 6.07) is 5.95. The molecule has 1 aromatic carbocycles. The lowest BCUT2D eigenvalue weighted by molar-refractivity contribution is -0.132. The Kier molecular flexibility index (Phi) is 5.43. The topological polar surface area (TPSA) is 101 Å². The SMILES string of the molecule is Cn1c(=O)c2c(ncn2CCCC(=O)N2CCC[C@H]2c2ccc3c(c2)OCCO3)n(C)c1=O. The molecule has 0 radical (unpaired) electrons.